The molecule has 19 heavy (non-hydrogen) atoms. The van der Waals surface area contributed by atoms with E-state index >= 15 is 0 Å². The molecular formula is C16H27N3. The van der Waals surface area contributed by atoms with Gasteiger partial charge in [0.05, 0.1) is 6.54 Å². The summed E-state index contributed by atoms with van der Waals surface area (Å²) in [7, 11) is 2.16. The third kappa shape index (κ3) is 3.70. The molecule has 2 aliphatic rings. The number of likely N-dealkylation sites (N-methyl/N-ethyl adjacent to an activating group) is 1. The lowest BCUT2D eigenvalue weighted by molar-refractivity contribution is 0.0399. The lowest BCUT2D eigenvalue weighted by atomic mass is 9.80. The van der Waals surface area contributed by atoms with Crippen LogP contribution in [0, 0.1) is 13.5 Å². The maximum atomic E-state index is 6.88. The van der Waals surface area contributed by atoms with Crippen LogP contribution in [0.4, 0.5) is 0 Å². The molecule has 2 rings (SSSR count). The Morgan fingerprint density at radius 2 is 1.89 bits per heavy atom. The van der Waals surface area contributed by atoms with Crippen molar-refractivity contribution in [1.29, 1.82) is 0 Å². The molecule has 2 radical (unpaired) electrons. The van der Waals surface area contributed by atoms with Crippen LogP contribution < -0.4 is 0 Å². The van der Waals surface area contributed by atoms with Gasteiger partial charge in [-0.1, -0.05) is 19.3 Å². The molecule has 2 fully saturated rings. The molecule has 1 saturated carbocycles. The second-order valence-electron chi connectivity index (χ2n) is 6.24. The largest absolute Gasteiger partial charge is 0.316 e. The summed E-state index contributed by atoms with van der Waals surface area (Å²) in [6.07, 6.45) is 8.69. The monoisotopic (exact) mass is 261 g/mol. The Morgan fingerprint density at radius 3 is 2.47 bits per heavy atom. The predicted molar refractivity (Wildman–Crippen MR) is 78.8 cm³/mol. The van der Waals surface area contributed by atoms with E-state index in [0.29, 0.717) is 12.6 Å². The molecule has 1 aliphatic heterocycles. The van der Waals surface area contributed by atoms with Crippen molar-refractivity contribution in [3.63, 3.8) is 0 Å². The van der Waals surface area contributed by atoms with Crippen LogP contribution in [-0.4, -0.2) is 54.6 Å². The van der Waals surface area contributed by atoms with Gasteiger partial charge in [0, 0.05) is 24.7 Å². The maximum Gasteiger partial charge on any atom is 0.227 e. The van der Waals surface area contributed by atoms with Gasteiger partial charge in [0.15, 0.2) is 0 Å². The Bertz CT molecular complexity index is 306. The van der Waals surface area contributed by atoms with Crippen molar-refractivity contribution in [2.45, 2.75) is 56.5 Å². The van der Waals surface area contributed by atoms with Gasteiger partial charge in [0.1, 0.15) is 0 Å². The van der Waals surface area contributed by atoms with Crippen molar-refractivity contribution >= 4 is 0 Å². The van der Waals surface area contributed by atoms with Gasteiger partial charge >= 0.3 is 0 Å². The van der Waals surface area contributed by atoms with Crippen LogP contribution in [-0.2, 0) is 0 Å². The van der Waals surface area contributed by atoms with E-state index in [1.165, 1.54) is 44.9 Å². The van der Waals surface area contributed by atoms with Crippen LogP contribution in [0.3, 0.4) is 0 Å². The Kier molecular flexibility index (Phi) is 5.24. The summed E-state index contributed by atoms with van der Waals surface area (Å²) in [5.74, 6) is 0. The van der Waals surface area contributed by atoms with Gasteiger partial charge in [-0.25, -0.2) is 6.57 Å². The molecule has 0 amide bonds. The summed E-state index contributed by atoms with van der Waals surface area (Å²) in [6, 6.07) is 0.644. The third-order valence-electron chi connectivity index (χ3n) is 5.00. The molecule has 1 aliphatic carbocycles. The first-order valence-electron chi connectivity index (χ1n) is 7.73. The Hall–Kier alpha value is -0.590. The van der Waals surface area contributed by atoms with Crippen LogP contribution in [0.2, 0.25) is 0 Å². The average molecular weight is 261 g/mol. The van der Waals surface area contributed by atoms with Crippen molar-refractivity contribution in [2.75, 3.05) is 33.2 Å². The zero-order valence-electron chi connectivity index (χ0n) is 12.3. The number of rotatable bonds is 4. The molecule has 1 saturated heterocycles. The second-order valence-corrected chi connectivity index (χ2v) is 6.24. The van der Waals surface area contributed by atoms with E-state index in [4.69, 9.17) is 13.5 Å². The second kappa shape index (κ2) is 6.72. The molecular weight excluding hydrogens is 234 g/mol. The molecule has 0 aromatic heterocycles. The lowest BCUT2D eigenvalue weighted by Crippen LogP contribution is -2.54. The van der Waals surface area contributed by atoms with E-state index in [1.807, 2.05) is 0 Å². The lowest BCUT2D eigenvalue weighted by Gasteiger charge is -2.48. The number of hydrogen-bond donors (Lipinski definition) is 0. The quantitative estimate of drug-likeness (QED) is 0.721. The van der Waals surface area contributed by atoms with Gasteiger partial charge < -0.3 is 4.85 Å². The van der Waals surface area contributed by atoms with Gasteiger partial charge in [0.25, 0.3) is 0 Å². The Balaban J connectivity index is 1.80. The molecule has 0 bridgehead atoms. The number of hydrogen-bond acceptors (Lipinski definition) is 2. The molecule has 0 atom stereocenters. The normalized spacial score (nSPS) is 25.4. The highest BCUT2D eigenvalue weighted by molar-refractivity contribution is 4.97. The van der Waals surface area contributed by atoms with Gasteiger partial charge in [-0.2, -0.15) is 0 Å². The minimum absolute atomic E-state index is 0.0156. The SMILES string of the molecule is [C-]#[N+]CCN(C)C1CCN(C2([CH])CCCCC2)CC1. The molecule has 0 unspecified atom stereocenters. The van der Waals surface area contributed by atoms with Crippen molar-refractivity contribution in [3.8, 4) is 0 Å². The van der Waals surface area contributed by atoms with Crippen LogP contribution in [0.5, 0.6) is 0 Å². The first-order chi connectivity index (χ1) is 9.15. The zero-order valence-corrected chi connectivity index (χ0v) is 12.3. The number of nitrogens with zero attached hydrogens (tertiary/aromatic N) is 3. The highest BCUT2D eigenvalue weighted by atomic mass is 15.2. The first kappa shape index (κ1) is 14.8. The fourth-order valence-electron chi connectivity index (χ4n) is 3.62. The summed E-state index contributed by atoms with van der Waals surface area (Å²) in [6.45, 7) is 17.3. The molecule has 0 aromatic carbocycles. The fraction of sp³-hybridized carbons (Fsp3) is 0.875. The van der Waals surface area contributed by atoms with Crippen LogP contribution in [0.25, 0.3) is 4.85 Å². The topological polar surface area (TPSA) is 10.8 Å². The minimum Gasteiger partial charge on any atom is -0.316 e. The van der Waals surface area contributed by atoms with Crippen molar-refractivity contribution < 1.29 is 0 Å². The molecule has 1 heterocycles. The third-order valence-corrected chi connectivity index (χ3v) is 5.00. The Labute approximate surface area is 118 Å². The maximum absolute atomic E-state index is 6.88. The zero-order chi connectivity index (χ0) is 13.7. The van der Waals surface area contributed by atoms with Crippen molar-refractivity contribution in [2.24, 2.45) is 0 Å². The molecule has 0 aromatic rings. The summed E-state index contributed by atoms with van der Waals surface area (Å²) >= 11 is 0. The summed E-state index contributed by atoms with van der Waals surface area (Å²) in [5.41, 5.74) is -0.0156. The highest BCUT2D eigenvalue weighted by Crippen LogP contribution is 2.35. The van der Waals surface area contributed by atoms with E-state index in [1.54, 1.807) is 0 Å². The minimum atomic E-state index is -0.0156. The van der Waals surface area contributed by atoms with Gasteiger partial charge in [-0.3, -0.25) is 9.80 Å². The van der Waals surface area contributed by atoms with Gasteiger partial charge in [0.2, 0.25) is 6.54 Å². The van der Waals surface area contributed by atoms with E-state index in [2.05, 4.69) is 21.7 Å². The van der Waals surface area contributed by atoms with E-state index in [0.717, 1.165) is 19.6 Å². The highest BCUT2D eigenvalue weighted by Gasteiger charge is 2.36. The van der Waals surface area contributed by atoms with Gasteiger partial charge in [-0.15, -0.1) is 0 Å². The van der Waals surface area contributed by atoms with E-state index < -0.39 is 0 Å². The number of piperidine rings is 1. The molecule has 106 valence electrons. The van der Waals surface area contributed by atoms with Gasteiger partial charge in [-0.05, 0) is 39.7 Å². The molecule has 3 heteroatoms. The molecule has 3 nitrogen and oxygen atoms in total. The summed E-state index contributed by atoms with van der Waals surface area (Å²) in [5, 5.41) is 0. The van der Waals surface area contributed by atoms with E-state index in [-0.39, 0.29) is 5.54 Å². The molecule has 0 N–H and O–H groups in total. The Morgan fingerprint density at radius 1 is 1.26 bits per heavy atom. The van der Waals surface area contributed by atoms with Crippen molar-refractivity contribution in [1.82, 2.24) is 9.80 Å². The summed E-state index contributed by atoms with van der Waals surface area (Å²) < 4.78 is 0. The van der Waals surface area contributed by atoms with Crippen molar-refractivity contribution in [3.05, 3.63) is 18.3 Å². The first-order valence-corrected chi connectivity index (χ1v) is 7.73. The molecule has 0 spiro atoms. The van der Waals surface area contributed by atoms with E-state index in [9.17, 15) is 0 Å². The van der Waals surface area contributed by atoms with Crippen LogP contribution in [0.15, 0.2) is 0 Å². The fourth-order valence-corrected chi connectivity index (χ4v) is 3.62. The van der Waals surface area contributed by atoms with Crippen LogP contribution >= 0.6 is 0 Å². The predicted octanol–water partition coefficient (Wildman–Crippen LogP) is 2.72. The summed E-state index contributed by atoms with van der Waals surface area (Å²) in [4.78, 5) is 8.34. The average Bonchev–Trinajstić information content (AvgIpc) is 2.46. The number of likely N-dealkylation sites (tertiary alicyclic amines) is 1. The smallest absolute Gasteiger partial charge is 0.227 e. The standard InChI is InChI=1S/C16H27N3/c1-16(9-5-4-6-10-16)19-12-7-15(8-13-19)18(3)14-11-17-2/h1,15H,4-14H2,3H3. The van der Waals surface area contributed by atoms with Crippen LogP contribution in [0.1, 0.15) is 44.9 Å².